The second kappa shape index (κ2) is 9.69. The lowest BCUT2D eigenvalue weighted by molar-refractivity contribution is -0.141. The average molecular weight is 464 g/mol. The average Bonchev–Trinajstić information content (AvgIpc) is 3.28. The molecule has 2 fully saturated rings. The number of carbonyl (C=O) groups is 1. The number of alkyl halides is 3. The van der Waals surface area contributed by atoms with Crippen LogP contribution in [0.15, 0.2) is 48.7 Å². The molecule has 178 valence electrons. The van der Waals surface area contributed by atoms with Crippen LogP contribution < -0.4 is 10.1 Å². The first-order chi connectivity index (χ1) is 15.8. The summed E-state index contributed by atoms with van der Waals surface area (Å²) in [6.45, 7) is 3.93. The summed E-state index contributed by atoms with van der Waals surface area (Å²) < 4.78 is 50.5. The van der Waals surface area contributed by atoms with Gasteiger partial charge in [0, 0.05) is 32.5 Å². The monoisotopic (exact) mass is 463 g/mol. The molecule has 1 aromatic heterocycles. The van der Waals surface area contributed by atoms with Gasteiger partial charge in [-0.2, -0.15) is 13.2 Å². The molecule has 0 radical (unpaired) electrons. The highest BCUT2D eigenvalue weighted by Gasteiger charge is 2.48. The fourth-order valence-electron chi connectivity index (χ4n) is 4.58. The number of benzene rings is 1. The Kier molecular flexibility index (Phi) is 6.90. The maximum Gasteiger partial charge on any atom is 0.416 e. The number of hydrogen-bond donors (Lipinski definition) is 1. The molecule has 2 aliphatic rings. The molecular weight excluding hydrogens is 435 g/mol. The number of nitrogens with zero attached hydrogens (tertiary/aromatic N) is 2. The molecule has 2 aromatic rings. The lowest BCUT2D eigenvalue weighted by Gasteiger charge is -2.43. The smallest absolute Gasteiger partial charge is 0.416 e. The van der Waals surface area contributed by atoms with E-state index in [0.29, 0.717) is 45.6 Å². The number of hydrogen-bond acceptors (Lipinski definition) is 5. The van der Waals surface area contributed by atoms with Crippen molar-refractivity contribution in [2.24, 2.45) is 0 Å². The first kappa shape index (κ1) is 23.5. The van der Waals surface area contributed by atoms with Gasteiger partial charge in [0.15, 0.2) is 0 Å². The Bertz CT molecular complexity index is 949. The molecule has 1 unspecified atom stereocenters. The number of halogens is 3. The van der Waals surface area contributed by atoms with Gasteiger partial charge in [0.1, 0.15) is 17.4 Å². The Labute approximate surface area is 191 Å². The van der Waals surface area contributed by atoms with E-state index in [-0.39, 0.29) is 23.8 Å². The summed E-state index contributed by atoms with van der Waals surface area (Å²) in [5.74, 6) is 0.106. The van der Waals surface area contributed by atoms with Crippen molar-refractivity contribution in [3.8, 4) is 5.75 Å². The van der Waals surface area contributed by atoms with Crippen molar-refractivity contribution < 1.29 is 27.4 Å². The highest BCUT2D eigenvalue weighted by Crippen LogP contribution is 2.35. The van der Waals surface area contributed by atoms with E-state index in [2.05, 4.69) is 15.2 Å². The number of aromatic nitrogens is 1. The van der Waals surface area contributed by atoms with Crippen molar-refractivity contribution in [3.05, 3.63) is 59.9 Å². The molecule has 2 saturated heterocycles. The van der Waals surface area contributed by atoms with Gasteiger partial charge in [-0.05, 0) is 56.5 Å². The molecule has 2 atom stereocenters. The third-order valence-corrected chi connectivity index (χ3v) is 6.44. The standard InChI is InChI=1S/C24H28F3N3O3/c1-17(21-7-2-3-11-28-21)29-22(31)23(9-13-32-14-10-23)30-12-8-20(16-30)33-19-6-4-5-18(15-19)24(25,26)27/h2-7,11,15,17,20H,8-10,12-14,16H2,1H3,(H,29,31)/t17-,20?/m0/s1. The summed E-state index contributed by atoms with van der Waals surface area (Å²) in [4.78, 5) is 19.9. The highest BCUT2D eigenvalue weighted by molar-refractivity contribution is 5.87. The molecule has 1 amide bonds. The fraction of sp³-hybridized carbons (Fsp3) is 0.500. The predicted octanol–water partition coefficient (Wildman–Crippen LogP) is 3.98. The van der Waals surface area contributed by atoms with E-state index in [9.17, 15) is 18.0 Å². The number of nitrogens with one attached hydrogen (secondary N) is 1. The molecule has 3 heterocycles. The zero-order chi connectivity index (χ0) is 23.5. The van der Waals surface area contributed by atoms with E-state index in [1.54, 1.807) is 6.20 Å². The van der Waals surface area contributed by atoms with Crippen LogP contribution in [0.3, 0.4) is 0 Å². The predicted molar refractivity (Wildman–Crippen MR) is 116 cm³/mol. The van der Waals surface area contributed by atoms with Crippen molar-refractivity contribution in [1.82, 2.24) is 15.2 Å². The summed E-state index contributed by atoms with van der Waals surface area (Å²) in [5.41, 5.74) is -0.702. The van der Waals surface area contributed by atoms with Crippen molar-refractivity contribution in [3.63, 3.8) is 0 Å². The van der Waals surface area contributed by atoms with E-state index in [4.69, 9.17) is 9.47 Å². The molecule has 2 aliphatic heterocycles. The summed E-state index contributed by atoms with van der Waals surface area (Å²) in [6.07, 6.45) is -1.31. The third kappa shape index (κ3) is 5.30. The largest absolute Gasteiger partial charge is 0.489 e. The molecular formula is C24H28F3N3O3. The zero-order valence-electron chi connectivity index (χ0n) is 18.5. The second-order valence-corrected chi connectivity index (χ2v) is 8.59. The van der Waals surface area contributed by atoms with Gasteiger partial charge in [-0.15, -0.1) is 0 Å². The van der Waals surface area contributed by atoms with Gasteiger partial charge < -0.3 is 14.8 Å². The molecule has 0 bridgehead atoms. The molecule has 0 aliphatic carbocycles. The van der Waals surface area contributed by atoms with E-state index in [1.165, 1.54) is 12.1 Å². The van der Waals surface area contributed by atoms with Gasteiger partial charge in [-0.3, -0.25) is 14.7 Å². The van der Waals surface area contributed by atoms with Gasteiger partial charge in [0.2, 0.25) is 5.91 Å². The first-order valence-corrected chi connectivity index (χ1v) is 11.2. The maximum absolute atomic E-state index is 13.5. The van der Waals surface area contributed by atoms with E-state index < -0.39 is 17.3 Å². The van der Waals surface area contributed by atoms with Crippen LogP contribution in [0.5, 0.6) is 5.75 Å². The minimum atomic E-state index is -4.42. The van der Waals surface area contributed by atoms with Crippen molar-refractivity contribution in [2.75, 3.05) is 26.3 Å². The number of amides is 1. The maximum atomic E-state index is 13.5. The summed E-state index contributed by atoms with van der Waals surface area (Å²) in [5, 5.41) is 3.11. The summed E-state index contributed by atoms with van der Waals surface area (Å²) in [6, 6.07) is 10.2. The topological polar surface area (TPSA) is 63.7 Å². The van der Waals surface area contributed by atoms with Crippen LogP contribution in [-0.2, 0) is 15.7 Å². The third-order valence-electron chi connectivity index (χ3n) is 6.44. The van der Waals surface area contributed by atoms with Gasteiger partial charge in [-0.25, -0.2) is 0 Å². The first-order valence-electron chi connectivity index (χ1n) is 11.2. The lowest BCUT2D eigenvalue weighted by atomic mass is 9.86. The van der Waals surface area contributed by atoms with Crippen molar-refractivity contribution in [1.29, 1.82) is 0 Å². The van der Waals surface area contributed by atoms with Crippen LogP contribution in [0.2, 0.25) is 0 Å². The van der Waals surface area contributed by atoms with Crippen molar-refractivity contribution >= 4 is 5.91 Å². The normalized spacial score (nSPS) is 22.0. The Morgan fingerprint density at radius 3 is 2.73 bits per heavy atom. The second-order valence-electron chi connectivity index (χ2n) is 8.59. The number of carbonyl (C=O) groups excluding carboxylic acids is 1. The van der Waals surface area contributed by atoms with Gasteiger partial charge in [0.25, 0.3) is 0 Å². The van der Waals surface area contributed by atoms with Crippen LogP contribution in [0.4, 0.5) is 13.2 Å². The lowest BCUT2D eigenvalue weighted by Crippen LogP contribution is -2.61. The molecule has 9 heteroatoms. The molecule has 1 N–H and O–H groups in total. The Morgan fingerprint density at radius 2 is 2.03 bits per heavy atom. The number of pyridine rings is 1. The molecule has 0 spiro atoms. The quantitative estimate of drug-likeness (QED) is 0.702. The molecule has 6 nitrogen and oxygen atoms in total. The van der Waals surface area contributed by atoms with E-state index >= 15 is 0 Å². The van der Waals surface area contributed by atoms with Gasteiger partial charge in [-0.1, -0.05) is 12.1 Å². The van der Waals surface area contributed by atoms with Crippen LogP contribution in [0.1, 0.15) is 43.5 Å². The van der Waals surface area contributed by atoms with E-state index in [1.807, 2.05) is 25.1 Å². The zero-order valence-corrected chi connectivity index (χ0v) is 18.5. The highest BCUT2D eigenvalue weighted by atomic mass is 19.4. The molecule has 4 rings (SSSR count). The fourth-order valence-corrected chi connectivity index (χ4v) is 4.58. The number of ether oxygens (including phenoxy) is 2. The Morgan fingerprint density at radius 1 is 1.24 bits per heavy atom. The number of likely N-dealkylation sites (tertiary alicyclic amines) is 1. The summed E-state index contributed by atoms with van der Waals surface area (Å²) in [7, 11) is 0. The molecule has 1 aromatic carbocycles. The van der Waals surface area contributed by atoms with Crippen LogP contribution in [-0.4, -0.2) is 53.7 Å². The minimum Gasteiger partial charge on any atom is -0.489 e. The van der Waals surface area contributed by atoms with Crippen LogP contribution in [0, 0.1) is 0 Å². The van der Waals surface area contributed by atoms with Crippen LogP contribution in [0.25, 0.3) is 0 Å². The molecule has 33 heavy (non-hydrogen) atoms. The van der Waals surface area contributed by atoms with Gasteiger partial charge in [0.05, 0.1) is 17.3 Å². The SMILES string of the molecule is C[C@H](NC(=O)C1(N2CCC(Oc3cccc(C(F)(F)F)c3)C2)CCOCC1)c1ccccn1. The molecule has 0 saturated carbocycles. The Hall–Kier alpha value is -2.65. The van der Waals surface area contributed by atoms with Crippen LogP contribution >= 0.6 is 0 Å². The van der Waals surface area contributed by atoms with E-state index in [0.717, 1.165) is 17.8 Å². The Balaban J connectivity index is 1.45. The van der Waals surface area contributed by atoms with Gasteiger partial charge >= 0.3 is 6.18 Å². The van der Waals surface area contributed by atoms with Crippen molar-refractivity contribution in [2.45, 2.75) is 50.0 Å². The summed E-state index contributed by atoms with van der Waals surface area (Å²) >= 11 is 0. The minimum absolute atomic E-state index is 0.0799. The number of rotatable bonds is 6.